The molecule has 0 spiro atoms. The number of amides is 1. The Hall–Kier alpha value is -3.44. The maximum Gasteiger partial charge on any atom is 0.275 e. The zero-order valence-electron chi connectivity index (χ0n) is 21.2. The molecule has 0 unspecified atom stereocenters. The van der Waals surface area contributed by atoms with Crippen LogP contribution in [0.4, 0.5) is 11.4 Å². The molecular formula is C24H17B5N4O4S2. The molecule has 15 heteroatoms. The number of para-hydroxylation sites is 1. The Morgan fingerprint density at radius 1 is 0.974 bits per heavy atom. The number of hydrogen-bond acceptors (Lipinski definition) is 7. The molecule has 0 saturated carbocycles. The van der Waals surface area contributed by atoms with Crippen LogP contribution in [0.5, 0.6) is 5.88 Å². The lowest BCUT2D eigenvalue weighted by atomic mass is 9.60. The van der Waals surface area contributed by atoms with Crippen molar-refractivity contribution >= 4 is 105 Å². The summed E-state index contributed by atoms with van der Waals surface area (Å²) in [6.07, 6.45) is 1.26. The number of benzene rings is 2. The van der Waals surface area contributed by atoms with Crippen LogP contribution in [0.15, 0.2) is 40.7 Å². The Bertz CT molecular complexity index is 1680. The van der Waals surface area contributed by atoms with E-state index in [0.29, 0.717) is 10.7 Å². The van der Waals surface area contributed by atoms with Crippen LogP contribution in [0.1, 0.15) is 21.6 Å². The average Bonchev–Trinajstić information content (AvgIpc) is 3.38. The van der Waals surface area contributed by atoms with E-state index in [9.17, 15) is 13.2 Å². The molecule has 2 aromatic carbocycles. The molecule has 39 heavy (non-hydrogen) atoms. The smallest absolute Gasteiger partial charge is 0.275 e. The molecule has 2 N–H and O–H groups in total. The molecule has 4 aromatic rings. The molecule has 2 aromatic heterocycles. The number of sulfonamides is 1. The van der Waals surface area contributed by atoms with Gasteiger partial charge in [-0.2, -0.15) is 0 Å². The predicted octanol–water partition coefficient (Wildman–Crippen LogP) is -1.15. The fourth-order valence-electron chi connectivity index (χ4n) is 3.78. The van der Waals surface area contributed by atoms with Crippen molar-refractivity contribution in [3.8, 4) is 16.5 Å². The molecule has 0 saturated heterocycles. The van der Waals surface area contributed by atoms with E-state index in [-0.39, 0.29) is 55.0 Å². The molecule has 8 nitrogen and oxygen atoms in total. The van der Waals surface area contributed by atoms with Crippen molar-refractivity contribution in [2.24, 2.45) is 0 Å². The third-order valence-corrected chi connectivity index (χ3v) is 8.13. The second-order valence-corrected chi connectivity index (χ2v) is 11.0. The first-order valence-electron chi connectivity index (χ1n) is 11.3. The number of pyridine rings is 1. The molecule has 184 valence electrons. The highest BCUT2D eigenvalue weighted by atomic mass is 32.2. The summed E-state index contributed by atoms with van der Waals surface area (Å²) in [6.45, 7) is 3.57. The van der Waals surface area contributed by atoms with Gasteiger partial charge in [0.05, 0.1) is 24.7 Å². The fourth-order valence-corrected chi connectivity index (χ4v) is 6.00. The summed E-state index contributed by atoms with van der Waals surface area (Å²) in [5.41, 5.74) is 2.64. The monoisotopic (exact) mass is 544 g/mol. The minimum atomic E-state index is -4.14. The van der Waals surface area contributed by atoms with Gasteiger partial charge in [0.1, 0.15) is 49.9 Å². The van der Waals surface area contributed by atoms with Crippen molar-refractivity contribution in [2.75, 3.05) is 17.1 Å². The number of aromatic nitrogens is 2. The summed E-state index contributed by atoms with van der Waals surface area (Å²) in [6, 6.07) is 6.63. The van der Waals surface area contributed by atoms with Crippen molar-refractivity contribution in [2.45, 2.75) is 18.7 Å². The Balaban J connectivity index is 1.64. The van der Waals surface area contributed by atoms with Crippen LogP contribution in [0.3, 0.4) is 0 Å². The number of hydrogen-bond donors (Lipinski definition) is 2. The number of rotatable bonds is 7. The van der Waals surface area contributed by atoms with Gasteiger partial charge in [-0.05, 0) is 36.6 Å². The highest BCUT2D eigenvalue weighted by Crippen LogP contribution is 2.29. The third kappa shape index (κ3) is 5.51. The van der Waals surface area contributed by atoms with Crippen LogP contribution < -0.4 is 42.1 Å². The quantitative estimate of drug-likeness (QED) is 0.285. The molecule has 0 atom stereocenters. The number of thiazole rings is 1. The summed E-state index contributed by atoms with van der Waals surface area (Å²) in [5, 5.41) is 4.37. The highest BCUT2D eigenvalue weighted by molar-refractivity contribution is 7.92. The second kappa shape index (κ2) is 11.0. The van der Waals surface area contributed by atoms with E-state index in [2.05, 4.69) is 20.0 Å². The van der Waals surface area contributed by atoms with Gasteiger partial charge in [0.2, 0.25) is 5.88 Å². The molecule has 0 aliphatic rings. The second-order valence-electron chi connectivity index (χ2n) is 8.54. The molecule has 0 bridgehead atoms. The van der Waals surface area contributed by atoms with Gasteiger partial charge in [-0.1, -0.05) is 29.1 Å². The fraction of sp³-hybridized carbons (Fsp3) is 0.125. The molecule has 4 rings (SSSR count). The van der Waals surface area contributed by atoms with E-state index >= 15 is 0 Å². The van der Waals surface area contributed by atoms with E-state index < -0.39 is 15.9 Å². The summed E-state index contributed by atoms with van der Waals surface area (Å²) in [4.78, 5) is 21.1. The Morgan fingerprint density at radius 3 is 2.15 bits per heavy atom. The first kappa shape index (κ1) is 28.6. The Kier molecular flexibility index (Phi) is 8.04. The molecule has 0 aliphatic heterocycles. The molecule has 1 amide bonds. The number of nitrogens with one attached hydrogen (secondary N) is 2. The number of methoxy groups -OCH3 is 1. The Labute approximate surface area is 237 Å². The number of anilines is 2. The molecular weight excluding hydrogens is 526 g/mol. The first-order valence-corrected chi connectivity index (χ1v) is 13.6. The van der Waals surface area contributed by atoms with Crippen molar-refractivity contribution in [1.82, 2.24) is 9.97 Å². The lowest BCUT2D eigenvalue weighted by Crippen LogP contribution is -2.55. The van der Waals surface area contributed by atoms with Crippen LogP contribution in [0.2, 0.25) is 0 Å². The number of carbonyl (C=O) groups excluding carboxylic acids is 1. The van der Waals surface area contributed by atoms with Crippen molar-refractivity contribution < 1.29 is 17.9 Å². The number of carbonyl (C=O) groups is 1. The van der Waals surface area contributed by atoms with Crippen molar-refractivity contribution in [3.05, 3.63) is 52.7 Å². The van der Waals surface area contributed by atoms with Crippen molar-refractivity contribution in [1.29, 1.82) is 0 Å². The average molecular weight is 544 g/mol. The van der Waals surface area contributed by atoms with Gasteiger partial charge >= 0.3 is 0 Å². The van der Waals surface area contributed by atoms with E-state index in [4.69, 9.17) is 44.0 Å². The van der Waals surface area contributed by atoms with Crippen LogP contribution in [0.25, 0.3) is 10.6 Å². The Morgan fingerprint density at radius 2 is 1.56 bits per heavy atom. The lowest BCUT2D eigenvalue weighted by molar-refractivity contribution is 0.102. The number of aryl methyl sites for hydroxylation is 2. The summed E-state index contributed by atoms with van der Waals surface area (Å²) < 4.78 is 34.3. The van der Waals surface area contributed by atoms with E-state index in [1.165, 1.54) is 24.8 Å². The number of nitrogens with zero attached hydrogens (tertiary/aromatic N) is 2. The van der Waals surface area contributed by atoms with Gasteiger partial charge in [-0.25, -0.2) is 18.4 Å². The molecule has 0 fully saturated rings. The van der Waals surface area contributed by atoms with Crippen molar-refractivity contribution in [3.63, 3.8) is 0 Å². The molecule has 2 heterocycles. The van der Waals surface area contributed by atoms with Gasteiger partial charge in [-0.3, -0.25) is 9.52 Å². The maximum absolute atomic E-state index is 13.3. The van der Waals surface area contributed by atoms with E-state index in [1.54, 1.807) is 26.0 Å². The standard InChI is InChI=1S/C24H17B5N4O4S2/c1-10-5-4-6-11(2)21(10)33-39(35,36)14-7-12(8-30-23(14)37-3)31-22(34)13-9-38-24(32-13)15-16(25)18(27)20(29)19(28)17(15)26/h4-9,33H,1-3H3,(H,31,34). The van der Waals surface area contributed by atoms with Crippen LogP contribution in [-0.4, -0.2) is 70.6 Å². The van der Waals surface area contributed by atoms with Gasteiger partial charge in [-0.15, -0.1) is 27.7 Å². The summed E-state index contributed by atoms with van der Waals surface area (Å²) in [7, 11) is 27.1. The third-order valence-electron chi connectivity index (χ3n) is 5.93. The van der Waals surface area contributed by atoms with Crippen LogP contribution in [0, 0.1) is 13.8 Å². The maximum atomic E-state index is 13.3. The van der Waals surface area contributed by atoms with Crippen LogP contribution in [-0.2, 0) is 10.0 Å². The zero-order valence-corrected chi connectivity index (χ0v) is 22.8. The van der Waals surface area contributed by atoms with E-state index in [0.717, 1.165) is 22.5 Å². The minimum absolute atomic E-state index is 0.0108. The predicted molar refractivity (Wildman–Crippen MR) is 160 cm³/mol. The normalized spacial score (nSPS) is 11.3. The van der Waals surface area contributed by atoms with Gasteiger partial charge in [0.15, 0.2) is 4.90 Å². The summed E-state index contributed by atoms with van der Waals surface area (Å²) in [5.74, 6) is -0.781. The highest BCUT2D eigenvalue weighted by Gasteiger charge is 2.24. The summed E-state index contributed by atoms with van der Waals surface area (Å²) >= 11 is 1.09. The van der Waals surface area contributed by atoms with Gasteiger partial charge in [0.25, 0.3) is 15.9 Å². The lowest BCUT2D eigenvalue weighted by Gasteiger charge is -2.19. The number of ether oxygens (including phenoxy) is 1. The first-order chi connectivity index (χ1) is 18.4. The van der Waals surface area contributed by atoms with E-state index in [1.807, 2.05) is 6.07 Å². The zero-order chi connectivity index (χ0) is 28.6. The van der Waals surface area contributed by atoms with Crippen LogP contribution >= 0.6 is 11.3 Å². The largest absolute Gasteiger partial charge is 0.480 e. The SMILES string of the molecule is [B]c1c([B])c([B])c(-c2nc(C(=O)Nc3cnc(OC)c(S(=O)(=O)Nc4c(C)cccc4C)c3)cs2)c([B])c1[B]. The van der Waals surface area contributed by atoms with Gasteiger partial charge < -0.3 is 10.1 Å². The minimum Gasteiger partial charge on any atom is -0.480 e. The molecule has 0 aliphatic carbocycles. The van der Waals surface area contributed by atoms with Gasteiger partial charge in [0, 0.05) is 5.38 Å². The topological polar surface area (TPSA) is 110 Å². The molecule has 10 radical (unpaired) electrons.